The number of hydrogen-bond acceptors (Lipinski definition) is 3. The Balaban J connectivity index is 2.14. The fourth-order valence-corrected chi connectivity index (χ4v) is 2.13. The maximum Gasteiger partial charge on any atom is 0.408 e. The number of rotatable bonds is 6. The summed E-state index contributed by atoms with van der Waals surface area (Å²) in [4.78, 5) is 11.9. The number of alkyl halides is 3. The number of ether oxygens (including phenoxy) is 1. The summed E-state index contributed by atoms with van der Waals surface area (Å²) in [5.41, 5.74) is 5.95. The summed E-state index contributed by atoms with van der Waals surface area (Å²) in [6.45, 7) is 1.28. The monoisotopic (exact) mass is 370 g/mol. The Hall–Kier alpha value is -2.61. The third-order valence-electron chi connectivity index (χ3n) is 3.61. The molecule has 0 saturated carbocycles. The SMILES string of the molecule is CC(NC(=O)c1cc(Oc2ccc(CCN)cc2)ccc1F)C(F)(F)F. The van der Waals surface area contributed by atoms with Crippen molar-refractivity contribution in [3.05, 3.63) is 59.4 Å². The zero-order valence-electron chi connectivity index (χ0n) is 13.9. The van der Waals surface area contributed by atoms with E-state index in [2.05, 4.69) is 0 Å². The van der Waals surface area contributed by atoms with Crippen molar-refractivity contribution in [1.82, 2.24) is 5.32 Å². The topological polar surface area (TPSA) is 64.3 Å². The maximum atomic E-state index is 13.8. The van der Waals surface area contributed by atoms with Crippen LogP contribution in [-0.2, 0) is 6.42 Å². The van der Waals surface area contributed by atoms with Crippen molar-refractivity contribution in [3.63, 3.8) is 0 Å². The van der Waals surface area contributed by atoms with Crippen molar-refractivity contribution in [2.24, 2.45) is 5.73 Å². The number of nitrogens with one attached hydrogen (secondary N) is 1. The first-order chi connectivity index (χ1) is 12.2. The van der Waals surface area contributed by atoms with Crippen molar-refractivity contribution in [2.75, 3.05) is 6.54 Å². The average Bonchev–Trinajstić information content (AvgIpc) is 2.57. The Kier molecular flexibility index (Phi) is 6.20. The smallest absolute Gasteiger partial charge is 0.408 e. The van der Waals surface area contributed by atoms with E-state index in [0.717, 1.165) is 24.6 Å². The first kappa shape index (κ1) is 19.7. The van der Waals surface area contributed by atoms with Crippen molar-refractivity contribution in [3.8, 4) is 11.5 Å². The molecule has 1 atom stereocenters. The van der Waals surface area contributed by atoms with Gasteiger partial charge in [-0.3, -0.25) is 4.79 Å². The van der Waals surface area contributed by atoms with E-state index >= 15 is 0 Å². The summed E-state index contributed by atoms with van der Waals surface area (Å²) in [5.74, 6) is -1.55. The van der Waals surface area contributed by atoms with Crippen molar-refractivity contribution >= 4 is 5.91 Å². The number of halogens is 4. The molecular weight excluding hydrogens is 352 g/mol. The Morgan fingerprint density at radius 3 is 2.35 bits per heavy atom. The van der Waals surface area contributed by atoms with Gasteiger partial charge in [0, 0.05) is 0 Å². The lowest BCUT2D eigenvalue weighted by Crippen LogP contribution is -2.43. The summed E-state index contributed by atoms with van der Waals surface area (Å²) in [6, 6.07) is 8.18. The van der Waals surface area contributed by atoms with Gasteiger partial charge in [-0.25, -0.2) is 4.39 Å². The number of carbonyl (C=O) groups is 1. The highest BCUT2D eigenvalue weighted by Gasteiger charge is 2.37. The van der Waals surface area contributed by atoms with Gasteiger partial charge in [0.2, 0.25) is 0 Å². The lowest BCUT2D eigenvalue weighted by Gasteiger charge is -2.17. The van der Waals surface area contributed by atoms with Crippen molar-refractivity contribution < 1.29 is 27.1 Å². The second kappa shape index (κ2) is 8.18. The van der Waals surface area contributed by atoms with Gasteiger partial charge in [-0.05, 0) is 55.8 Å². The molecule has 0 fully saturated rings. The highest BCUT2D eigenvalue weighted by molar-refractivity contribution is 5.95. The first-order valence-electron chi connectivity index (χ1n) is 7.84. The van der Waals surface area contributed by atoms with Crippen LogP contribution in [-0.4, -0.2) is 24.7 Å². The second-order valence-corrected chi connectivity index (χ2v) is 5.66. The van der Waals surface area contributed by atoms with Crippen molar-refractivity contribution in [1.29, 1.82) is 0 Å². The number of benzene rings is 2. The normalized spacial score (nSPS) is 12.5. The zero-order chi connectivity index (χ0) is 19.3. The van der Waals surface area contributed by atoms with Crippen LogP contribution in [0.15, 0.2) is 42.5 Å². The molecule has 0 radical (unpaired) electrons. The van der Waals surface area contributed by atoms with Crippen LogP contribution in [0.1, 0.15) is 22.8 Å². The lowest BCUT2D eigenvalue weighted by atomic mass is 10.1. The Labute approximate surface area is 148 Å². The molecule has 0 aromatic heterocycles. The van der Waals surface area contributed by atoms with E-state index in [1.165, 1.54) is 6.07 Å². The Morgan fingerprint density at radius 2 is 1.77 bits per heavy atom. The highest BCUT2D eigenvalue weighted by Crippen LogP contribution is 2.25. The predicted octanol–water partition coefficient (Wildman–Crippen LogP) is 3.80. The van der Waals surface area contributed by atoms with Gasteiger partial charge in [0.05, 0.1) is 5.56 Å². The zero-order valence-corrected chi connectivity index (χ0v) is 13.9. The van der Waals surface area contributed by atoms with Gasteiger partial charge in [0.25, 0.3) is 5.91 Å². The van der Waals surface area contributed by atoms with Crippen LogP contribution in [0.25, 0.3) is 0 Å². The summed E-state index contributed by atoms with van der Waals surface area (Å²) < 4.78 is 57.0. The van der Waals surface area contributed by atoms with Crippen LogP contribution in [0.4, 0.5) is 17.6 Å². The average molecular weight is 370 g/mol. The van der Waals surface area contributed by atoms with Crippen LogP contribution < -0.4 is 15.8 Å². The standard InChI is InChI=1S/C18H18F4N2O2/c1-11(18(20,21)22)24-17(25)15-10-14(6-7-16(15)19)26-13-4-2-12(3-5-13)8-9-23/h2-7,10-11H,8-9,23H2,1H3,(H,24,25). The molecule has 3 N–H and O–H groups in total. The van der Waals surface area contributed by atoms with Crippen LogP contribution in [0, 0.1) is 5.82 Å². The van der Waals surface area contributed by atoms with Gasteiger partial charge in [0.15, 0.2) is 0 Å². The van der Waals surface area contributed by atoms with E-state index in [0.29, 0.717) is 18.7 Å². The molecule has 0 aliphatic carbocycles. The van der Waals surface area contributed by atoms with Gasteiger partial charge in [-0.1, -0.05) is 12.1 Å². The van der Waals surface area contributed by atoms with E-state index in [1.54, 1.807) is 17.4 Å². The third-order valence-corrected chi connectivity index (χ3v) is 3.61. The molecule has 8 heteroatoms. The van der Waals surface area contributed by atoms with Crippen LogP contribution in [0.5, 0.6) is 11.5 Å². The largest absolute Gasteiger partial charge is 0.457 e. The minimum atomic E-state index is -4.62. The Bertz CT molecular complexity index is 761. The fraction of sp³-hybridized carbons (Fsp3) is 0.278. The summed E-state index contributed by atoms with van der Waals surface area (Å²) in [5, 5.41) is 1.72. The molecule has 26 heavy (non-hydrogen) atoms. The van der Waals surface area contributed by atoms with E-state index in [1.807, 2.05) is 12.1 Å². The second-order valence-electron chi connectivity index (χ2n) is 5.66. The van der Waals surface area contributed by atoms with E-state index in [4.69, 9.17) is 10.5 Å². The molecule has 0 aliphatic rings. The molecule has 0 bridgehead atoms. The molecule has 2 rings (SSSR count). The molecule has 2 aromatic rings. The van der Waals surface area contributed by atoms with Gasteiger partial charge in [-0.2, -0.15) is 13.2 Å². The molecule has 140 valence electrons. The molecule has 2 aromatic carbocycles. The van der Waals surface area contributed by atoms with Gasteiger partial charge in [-0.15, -0.1) is 0 Å². The maximum absolute atomic E-state index is 13.8. The third kappa shape index (κ3) is 5.19. The van der Waals surface area contributed by atoms with Crippen LogP contribution >= 0.6 is 0 Å². The number of carbonyl (C=O) groups excluding carboxylic acids is 1. The molecule has 4 nitrogen and oxygen atoms in total. The predicted molar refractivity (Wildman–Crippen MR) is 88.7 cm³/mol. The molecule has 0 aliphatic heterocycles. The summed E-state index contributed by atoms with van der Waals surface area (Å²) >= 11 is 0. The van der Waals surface area contributed by atoms with Crippen LogP contribution in [0.2, 0.25) is 0 Å². The Morgan fingerprint density at radius 1 is 1.15 bits per heavy atom. The minimum absolute atomic E-state index is 0.128. The van der Waals surface area contributed by atoms with Gasteiger partial charge in [0.1, 0.15) is 23.4 Å². The minimum Gasteiger partial charge on any atom is -0.457 e. The van der Waals surface area contributed by atoms with Crippen molar-refractivity contribution in [2.45, 2.75) is 25.6 Å². The van der Waals surface area contributed by atoms with Gasteiger partial charge < -0.3 is 15.8 Å². The quantitative estimate of drug-likeness (QED) is 0.761. The first-order valence-corrected chi connectivity index (χ1v) is 7.84. The molecule has 1 amide bonds. The molecule has 1 unspecified atom stereocenters. The van der Waals surface area contributed by atoms with E-state index in [-0.39, 0.29) is 5.75 Å². The molecule has 0 heterocycles. The molecule has 0 spiro atoms. The summed E-state index contributed by atoms with van der Waals surface area (Å²) in [7, 11) is 0. The highest BCUT2D eigenvalue weighted by atomic mass is 19.4. The molecular formula is C18H18F4N2O2. The fourth-order valence-electron chi connectivity index (χ4n) is 2.13. The van der Waals surface area contributed by atoms with E-state index < -0.39 is 29.5 Å². The molecule has 0 saturated heterocycles. The number of hydrogen-bond donors (Lipinski definition) is 2. The summed E-state index contributed by atoms with van der Waals surface area (Å²) in [6.07, 6.45) is -3.91. The lowest BCUT2D eigenvalue weighted by molar-refractivity contribution is -0.149. The number of amides is 1. The van der Waals surface area contributed by atoms with Gasteiger partial charge >= 0.3 is 6.18 Å². The van der Waals surface area contributed by atoms with E-state index in [9.17, 15) is 22.4 Å². The van der Waals surface area contributed by atoms with Crippen LogP contribution in [0.3, 0.4) is 0 Å². The number of nitrogens with two attached hydrogens (primary N) is 1.